The fourth-order valence-corrected chi connectivity index (χ4v) is 5.95. The molecule has 1 aromatic carbocycles. The number of aromatic nitrogens is 3. The molecule has 3 atom stereocenters. The fourth-order valence-electron chi connectivity index (χ4n) is 5.32. The predicted molar refractivity (Wildman–Crippen MR) is 130 cm³/mol. The van der Waals surface area contributed by atoms with E-state index in [-0.39, 0.29) is 5.41 Å². The third-order valence-electron chi connectivity index (χ3n) is 7.75. The van der Waals surface area contributed by atoms with Gasteiger partial charge in [0.05, 0.1) is 23.4 Å². The SMILES string of the molecule is C[C@@]12CN(c3ncc(C4CC4)cn3)CC1[C@H]2COc1ccc(-c2ccc(S(C)(=O)=O)cc2)nc1. The summed E-state index contributed by atoms with van der Waals surface area (Å²) in [7, 11) is -3.20. The van der Waals surface area contributed by atoms with Gasteiger partial charge in [-0.2, -0.15) is 0 Å². The fraction of sp³-hybridized carbons (Fsp3) is 0.423. The number of sulfone groups is 1. The van der Waals surface area contributed by atoms with E-state index in [1.165, 1.54) is 24.7 Å². The molecule has 0 bridgehead atoms. The average molecular weight is 477 g/mol. The molecule has 6 rings (SSSR count). The van der Waals surface area contributed by atoms with Crippen LogP contribution in [0.5, 0.6) is 5.75 Å². The molecule has 7 nitrogen and oxygen atoms in total. The van der Waals surface area contributed by atoms with Gasteiger partial charge in [-0.1, -0.05) is 19.1 Å². The molecule has 0 spiro atoms. The quantitative estimate of drug-likeness (QED) is 0.510. The zero-order chi connectivity index (χ0) is 23.5. The van der Waals surface area contributed by atoms with Crippen molar-refractivity contribution in [3.05, 3.63) is 60.6 Å². The molecule has 34 heavy (non-hydrogen) atoms. The highest BCUT2D eigenvalue weighted by atomic mass is 32.2. The van der Waals surface area contributed by atoms with Crippen LogP contribution in [-0.4, -0.2) is 49.3 Å². The Kier molecular flexibility index (Phi) is 4.92. The van der Waals surface area contributed by atoms with Crippen molar-refractivity contribution >= 4 is 15.8 Å². The Morgan fingerprint density at radius 1 is 1.03 bits per heavy atom. The predicted octanol–water partition coefficient (Wildman–Crippen LogP) is 3.97. The number of rotatable bonds is 7. The number of hydrogen-bond donors (Lipinski definition) is 0. The van der Waals surface area contributed by atoms with Crippen LogP contribution in [-0.2, 0) is 9.84 Å². The van der Waals surface area contributed by atoms with Gasteiger partial charge in [0, 0.05) is 43.2 Å². The second-order valence-corrected chi connectivity index (χ2v) is 12.2. The number of pyridine rings is 1. The van der Waals surface area contributed by atoms with E-state index in [2.05, 4.69) is 26.8 Å². The minimum absolute atomic E-state index is 0.243. The Morgan fingerprint density at radius 3 is 2.32 bits per heavy atom. The second-order valence-electron chi connectivity index (χ2n) is 10.2. The molecule has 0 N–H and O–H groups in total. The van der Waals surface area contributed by atoms with Gasteiger partial charge in [0.15, 0.2) is 9.84 Å². The summed E-state index contributed by atoms with van der Waals surface area (Å²) in [5.74, 6) is 3.41. The van der Waals surface area contributed by atoms with Crippen LogP contribution in [0.25, 0.3) is 11.3 Å². The van der Waals surface area contributed by atoms with Gasteiger partial charge < -0.3 is 9.64 Å². The van der Waals surface area contributed by atoms with Gasteiger partial charge in [-0.25, -0.2) is 18.4 Å². The molecule has 3 fully saturated rings. The Morgan fingerprint density at radius 2 is 1.76 bits per heavy atom. The molecule has 3 heterocycles. The topological polar surface area (TPSA) is 85.3 Å². The van der Waals surface area contributed by atoms with E-state index in [9.17, 15) is 8.42 Å². The van der Waals surface area contributed by atoms with Crippen molar-refractivity contribution in [2.75, 3.05) is 30.9 Å². The minimum Gasteiger partial charge on any atom is -0.492 e. The van der Waals surface area contributed by atoms with E-state index in [1.807, 2.05) is 24.5 Å². The van der Waals surface area contributed by atoms with Gasteiger partial charge in [-0.05, 0) is 59.9 Å². The number of piperidine rings is 1. The molecule has 2 saturated carbocycles. The first-order valence-electron chi connectivity index (χ1n) is 11.8. The summed E-state index contributed by atoms with van der Waals surface area (Å²) in [6.07, 6.45) is 9.49. The van der Waals surface area contributed by atoms with Crippen molar-refractivity contribution in [2.45, 2.75) is 30.6 Å². The van der Waals surface area contributed by atoms with Crippen molar-refractivity contribution in [3.63, 3.8) is 0 Å². The van der Waals surface area contributed by atoms with E-state index in [0.29, 0.717) is 29.3 Å². The summed E-state index contributed by atoms with van der Waals surface area (Å²) >= 11 is 0. The van der Waals surface area contributed by atoms with Crippen LogP contribution in [0.4, 0.5) is 5.95 Å². The first kappa shape index (κ1) is 21.5. The summed E-state index contributed by atoms with van der Waals surface area (Å²) in [5, 5.41) is 0. The summed E-state index contributed by atoms with van der Waals surface area (Å²) in [5.41, 5.74) is 3.17. The van der Waals surface area contributed by atoms with E-state index in [4.69, 9.17) is 4.74 Å². The molecule has 3 aliphatic rings. The Labute approximate surface area is 200 Å². The van der Waals surface area contributed by atoms with Crippen molar-refractivity contribution in [1.29, 1.82) is 0 Å². The van der Waals surface area contributed by atoms with Gasteiger partial charge in [-0.15, -0.1) is 0 Å². The van der Waals surface area contributed by atoms with Gasteiger partial charge >= 0.3 is 0 Å². The molecule has 176 valence electrons. The number of nitrogens with zero attached hydrogens (tertiary/aromatic N) is 4. The smallest absolute Gasteiger partial charge is 0.225 e. The maximum atomic E-state index is 11.6. The van der Waals surface area contributed by atoms with Crippen LogP contribution in [0.15, 0.2) is 59.9 Å². The normalized spacial score (nSPS) is 25.8. The van der Waals surface area contributed by atoms with Crippen molar-refractivity contribution < 1.29 is 13.2 Å². The second kappa shape index (κ2) is 7.77. The number of ether oxygens (including phenoxy) is 1. The zero-order valence-electron chi connectivity index (χ0n) is 19.4. The first-order chi connectivity index (χ1) is 16.3. The van der Waals surface area contributed by atoms with E-state index < -0.39 is 9.84 Å². The van der Waals surface area contributed by atoms with Gasteiger partial charge in [-0.3, -0.25) is 4.98 Å². The minimum atomic E-state index is -3.20. The van der Waals surface area contributed by atoms with Crippen LogP contribution in [0.3, 0.4) is 0 Å². The lowest BCUT2D eigenvalue weighted by Gasteiger charge is -2.22. The molecule has 1 aliphatic heterocycles. The number of fused-ring (bicyclic) bond motifs is 1. The molecule has 2 aliphatic carbocycles. The molecular formula is C26H28N4O3S. The highest BCUT2D eigenvalue weighted by molar-refractivity contribution is 7.90. The monoisotopic (exact) mass is 476 g/mol. The zero-order valence-corrected chi connectivity index (χ0v) is 20.2. The highest BCUT2D eigenvalue weighted by Crippen LogP contribution is 2.63. The summed E-state index contributed by atoms with van der Waals surface area (Å²) in [6, 6.07) is 10.6. The summed E-state index contributed by atoms with van der Waals surface area (Å²) in [4.78, 5) is 16.4. The molecular weight excluding hydrogens is 448 g/mol. The van der Waals surface area contributed by atoms with E-state index >= 15 is 0 Å². The lowest BCUT2D eigenvalue weighted by molar-refractivity contribution is 0.269. The maximum absolute atomic E-state index is 11.6. The van der Waals surface area contributed by atoms with Gasteiger partial charge in [0.2, 0.25) is 5.95 Å². The number of anilines is 1. The summed E-state index contributed by atoms with van der Waals surface area (Å²) < 4.78 is 29.4. The lowest BCUT2D eigenvalue weighted by Crippen LogP contribution is -2.29. The Balaban J connectivity index is 1.03. The van der Waals surface area contributed by atoms with Crippen LogP contribution >= 0.6 is 0 Å². The van der Waals surface area contributed by atoms with Crippen molar-refractivity contribution in [3.8, 4) is 17.0 Å². The molecule has 1 unspecified atom stereocenters. The maximum Gasteiger partial charge on any atom is 0.225 e. The molecule has 8 heteroatoms. The van der Waals surface area contributed by atoms with Crippen LogP contribution in [0.2, 0.25) is 0 Å². The standard InChI is InChI=1S/C26H28N4O3S/c1-26-16-30(25-28-11-19(12-29-25)17-3-4-17)14-22(26)23(26)15-33-20-7-10-24(27-13-20)18-5-8-21(9-6-18)34(2,31)32/h5-13,17,22-23H,3-4,14-16H2,1-2H3/t22?,23-,26-/m1/s1. The largest absolute Gasteiger partial charge is 0.492 e. The number of benzene rings is 1. The van der Waals surface area contributed by atoms with Crippen LogP contribution in [0, 0.1) is 17.3 Å². The van der Waals surface area contributed by atoms with Crippen LogP contribution < -0.4 is 9.64 Å². The third-order valence-corrected chi connectivity index (χ3v) is 8.88. The molecule has 0 amide bonds. The number of hydrogen-bond acceptors (Lipinski definition) is 7. The molecule has 1 saturated heterocycles. The van der Waals surface area contributed by atoms with Crippen LogP contribution in [0.1, 0.15) is 31.2 Å². The van der Waals surface area contributed by atoms with E-state index in [1.54, 1.807) is 30.5 Å². The van der Waals surface area contributed by atoms with Gasteiger partial charge in [0.25, 0.3) is 0 Å². The molecule has 3 aromatic rings. The summed E-state index contributed by atoms with van der Waals surface area (Å²) in [6.45, 7) is 4.97. The highest BCUT2D eigenvalue weighted by Gasteiger charge is 2.66. The van der Waals surface area contributed by atoms with Crippen molar-refractivity contribution in [1.82, 2.24) is 15.0 Å². The van der Waals surface area contributed by atoms with Gasteiger partial charge in [0.1, 0.15) is 5.75 Å². The first-order valence-corrected chi connectivity index (χ1v) is 13.7. The molecule has 2 aromatic heterocycles. The Bertz CT molecular complexity index is 1310. The average Bonchev–Trinajstić information content (AvgIpc) is 3.74. The molecule has 0 radical (unpaired) electrons. The lowest BCUT2D eigenvalue weighted by atomic mass is 10.1. The van der Waals surface area contributed by atoms with Crippen molar-refractivity contribution in [2.24, 2.45) is 17.3 Å². The van der Waals surface area contributed by atoms with E-state index in [0.717, 1.165) is 36.0 Å². The Hall–Kier alpha value is -3.00. The third kappa shape index (κ3) is 3.94.